The molecular formula is C9H5BrINO. The molecular weight excluding hydrogens is 345 g/mol. The lowest BCUT2D eigenvalue weighted by atomic mass is 10.2. The van der Waals surface area contributed by atoms with Crippen LogP contribution in [-0.4, -0.2) is 10.1 Å². The Morgan fingerprint density at radius 2 is 2.08 bits per heavy atom. The van der Waals surface area contributed by atoms with Gasteiger partial charge in [-0.05, 0) is 56.7 Å². The van der Waals surface area contributed by atoms with Gasteiger partial charge < -0.3 is 5.11 Å². The van der Waals surface area contributed by atoms with E-state index in [0.717, 1.165) is 18.9 Å². The normalized spacial score (nSPS) is 10.6. The van der Waals surface area contributed by atoms with Gasteiger partial charge in [0.15, 0.2) is 0 Å². The fraction of sp³-hybridized carbons (Fsp3) is 0. The summed E-state index contributed by atoms with van der Waals surface area (Å²) in [6.45, 7) is 0. The van der Waals surface area contributed by atoms with E-state index in [1.54, 1.807) is 18.3 Å². The van der Waals surface area contributed by atoms with Crippen LogP contribution in [0.5, 0.6) is 5.75 Å². The van der Waals surface area contributed by atoms with Crippen molar-refractivity contribution < 1.29 is 5.11 Å². The summed E-state index contributed by atoms with van der Waals surface area (Å²) >= 11 is 5.54. The third-order valence-corrected chi connectivity index (χ3v) is 2.88. The Bertz CT molecular complexity index is 467. The van der Waals surface area contributed by atoms with Gasteiger partial charge in [0.2, 0.25) is 0 Å². The maximum atomic E-state index is 9.34. The van der Waals surface area contributed by atoms with E-state index in [-0.39, 0.29) is 5.75 Å². The third kappa shape index (κ3) is 1.78. The molecule has 13 heavy (non-hydrogen) atoms. The topological polar surface area (TPSA) is 33.1 Å². The molecule has 1 N–H and O–H groups in total. The summed E-state index contributed by atoms with van der Waals surface area (Å²) in [5, 5.41) is 10.3. The number of fused-ring (bicyclic) bond motifs is 1. The molecule has 0 aliphatic rings. The van der Waals surface area contributed by atoms with Crippen molar-refractivity contribution in [2.24, 2.45) is 0 Å². The highest BCUT2D eigenvalue weighted by Crippen LogP contribution is 2.27. The lowest BCUT2D eigenvalue weighted by Crippen LogP contribution is -1.82. The molecule has 66 valence electrons. The molecule has 2 rings (SSSR count). The number of phenolic OH excluding ortho intramolecular Hbond substituents is 1. The number of rotatable bonds is 0. The molecule has 0 amide bonds. The molecule has 0 saturated carbocycles. The average Bonchev–Trinajstić information content (AvgIpc) is 2.02. The van der Waals surface area contributed by atoms with E-state index in [4.69, 9.17) is 0 Å². The second-order valence-corrected chi connectivity index (χ2v) is 4.75. The first-order valence-electron chi connectivity index (χ1n) is 3.60. The monoisotopic (exact) mass is 349 g/mol. The molecule has 4 heteroatoms. The van der Waals surface area contributed by atoms with Crippen LogP contribution in [0.2, 0.25) is 0 Å². The van der Waals surface area contributed by atoms with Gasteiger partial charge in [0.1, 0.15) is 5.75 Å². The Hall–Kier alpha value is -0.360. The number of aromatic nitrogens is 1. The summed E-state index contributed by atoms with van der Waals surface area (Å²) < 4.78 is 1.88. The first-order valence-corrected chi connectivity index (χ1v) is 5.48. The van der Waals surface area contributed by atoms with Gasteiger partial charge in [-0.2, -0.15) is 0 Å². The van der Waals surface area contributed by atoms with Crippen molar-refractivity contribution in [1.82, 2.24) is 4.98 Å². The zero-order valence-electron chi connectivity index (χ0n) is 6.46. The van der Waals surface area contributed by atoms with Gasteiger partial charge in [0, 0.05) is 19.6 Å². The second-order valence-electron chi connectivity index (χ2n) is 2.65. The molecule has 2 aromatic rings. The summed E-state index contributed by atoms with van der Waals surface area (Å²) in [6, 6.07) is 5.32. The van der Waals surface area contributed by atoms with Gasteiger partial charge >= 0.3 is 0 Å². The van der Waals surface area contributed by atoms with Gasteiger partial charge in [0.25, 0.3) is 0 Å². The van der Waals surface area contributed by atoms with Crippen LogP contribution in [0.3, 0.4) is 0 Å². The summed E-state index contributed by atoms with van der Waals surface area (Å²) in [5.41, 5.74) is 0.873. The molecule has 0 fully saturated rings. The zero-order valence-corrected chi connectivity index (χ0v) is 10.2. The van der Waals surface area contributed by atoms with E-state index in [1.165, 1.54) is 0 Å². The Morgan fingerprint density at radius 3 is 2.85 bits per heavy atom. The van der Waals surface area contributed by atoms with E-state index in [9.17, 15) is 5.11 Å². The van der Waals surface area contributed by atoms with E-state index in [2.05, 4.69) is 43.5 Å². The van der Waals surface area contributed by atoms with Crippen molar-refractivity contribution in [3.63, 3.8) is 0 Å². The Morgan fingerprint density at radius 1 is 1.31 bits per heavy atom. The lowest BCUT2D eigenvalue weighted by Gasteiger charge is -2.01. The predicted octanol–water partition coefficient (Wildman–Crippen LogP) is 3.31. The molecule has 0 unspecified atom stereocenters. The minimum atomic E-state index is 0.253. The number of benzene rings is 1. The first-order chi connectivity index (χ1) is 6.16. The summed E-state index contributed by atoms with van der Waals surface area (Å²) in [5.74, 6) is 0.253. The number of nitrogens with zero attached hydrogens (tertiary/aromatic N) is 1. The van der Waals surface area contributed by atoms with Gasteiger partial charge in [-0.1, -0.05) is 0 Å². The fourth-order valence-corrected chi connectivity index (χ4v) is 2.20. The van der Waals surface area contributed by atoms with Crippen molar-refractivity contribution in [1.29, 1.82) is 0 Å². The van der Waals surface area contributed by atoms with Crippen molar-refractivity contribution in [3.8, 4) is 5.75 Å². The molecule has 0 aliphatic heterocycles. The van der Waals surface area contributed by atoms with E-state index < -0.39 is 0 Å². The number of aromatic hydroxyl groups is 1. The van der Waals surface area contributed by atoms with Crippen LogP contribution >= 0.6 is 38.5 Å². The zero-order chi connectivity index (χ0) is 9.42. The molecule has 0 aliphatic carbocycles. The van der Waals surface area contributed by atoms with Crippen LogP contribution in [0.25, 0.3) is 10.9 Å². The molecule has 0 atom stereocenters. The molecule has 2 nitrogen and oxygen atoms in total. The van der Waals surface area contributed by atoms with E-state index in [1.807, 2.05) is 6.07 Å². The van der Waals surface area contributed by atoms with E-state index >= 15 is 0 Å². The molecule has 1 aromatic heterocycles. The Balaban J connectivity index is 2.86. The molecule has 0 radical (unpaired) electrons. The molecule has 0 saturated heterocycles. The highest BCUT2D eigenvalue weighted by molar-refractivity contribution is 14.1. The second kappa shape index (κ2) is 3.42. The van der Waals surface area contributed by atoms with Crippen LogP contribution in [0.15, 0.2) is 28.9 Å². The van der Waals surface area contributed by atoms with Crippen molar-refractivity contribution >= 4 is 49.4 Å². The van der Waals surface area contributed by atoms with Gasteiger partial charge in [-0.3, -0.25) is 4.98 Å². The number of pyridine rings is 1. The van der Waals surface area contributed by atoms with Gasteiger partial charge in [-0.25, -0.2) is 0 Å². The van der Waals surface area contributed by atoms with Crippen molar-refractivity contribution in [2.75, 3.05) is 0 Å². The largest absolute Gasteiger partial charge is 0.508 e. The summed E-state index contributed by atoms with van der Waals surface area (Å²) in [7, 11) is 0. The minimum Gasteiger partial charge on any atom is -0.508 e. The lowest BCUT2D eigenvalue weighted by molar-refractivity contribution is 0.476. The van der Waals surface area contributed by atoms with Gasteiger partial charge in [-0.15, -0.1) is 0 Å². The number of phenols is 1. The Labute approximate surface area is 97.3 Å². The third-order valence-electron chi connectivity index (χ3n) is 1.69. The molecule has 1 aromatic carbocycles. The standard InChI is InChI=1S/C9H5BrINO/c10-8-3-7(13)2-5-1-6(11)4-12-9(5)8/h1-4,13H. The number of halogens is 2. The van der Waals surface area contributed by atoms with Crippen LogP contribution < -0.4 is 0 Å². The van der Waals surface area contributed by atoms with Crippen molar-refractivity contribution in [3.05, 3.63) is 32.4 Å². The van der Waals surface area contributed by atoms with Gasteiger partial charge in [0.05, 0.1) is 5.52 Å². The predicted molar refractivity (Wildman–Crippen MR) is 63.8 cm³/mol. The van der Waals surface area contributed by atoms with Crippen LogP contribution in [0.1, 0.15) is 0 Å². The van der Waals surface area contributed by atoms with Crippen molar-refractivity contribution in [2.45, 2.75) is 0 Å². The first kappa shape index (κ1) is 9.21. The summed E-state index contributed by atoms with van der Waals surface area (Å²) in [6.07, 6.45) is 1.80. The molecule has 0 bridgehead atoms. The minimum absolute atomic E-state index is 0.253. The summed E-state index contributed by atoms with van der Waals surface area (Å²) in [4.78, 5) is 4.26. The number of hydrogen-bond donors (Lipinski definition) is 1. The smallest absolute Gasteiger partial charge is 0.117 e. The molecule has 0 spiro atoms. The highest BCUT2D eigenvalue weighted by Gasteiger charge is 2.02. The number of hydrogen-bond acceptors (Lipinski definition) is 2. The quantitative estimate of drug-likeness (QED) is 0.740. The average molecular weight is 350 g/mol. The SMILES string of the molecule is Oc1cc(Br)c2ncc(I)cc2c1. The van der Waals surface area contributed by atoms with Crippen LogP contribution in [0, 0.1) is 3.57 Å². The van der Waals surface area contributed by atoms with Crippen LogP contribution in [0.4, 0.5) is 0 Å². The maximum absolute atomic E-state index is 9.34. The highest BCUT2D eigenvalue weighted by atomic mass is 127. The fourth-order valence-electron chi connectivity index (χ4n) is 1.16. The van der Waals surface area contributed by atoms with E-state index in [0.29, 0.717) is 0 Å². The maximum Gasteiger partial charge on any atom is 0.117 e. The molecule has 1 heterocycles. The van der Waals surface area contributed by atoms with Crippen LogP contribution in [-0.2, 0) is 0 Å². The Kier molecular flexibility index (Phi) is 2.42.